The van der Waals surface area contributed by atoms with Crippen LogP contribution in [0.15, 0.2) is 60.2 Å². The van der Waals surface area contributed by atoms with Crippen molar-refractivity contribution in [1.29, 1.82) is 0 Å². The Morgan fingerprint density at radius 3 is 1.53 bits per heavy atom. The van der Waals surface area contributed by atoms with Crippen molar-refractivity contribution in [1.82, 2.24) is 0 Å². The van der Waals surface area contributed by atoms with Crippen molar-refractivity contribution in [2.75, 3.05) is 0 Å². The number of hydrogen-bond donors (Lipinski definition) is 0. The summed E-state index contributed by atoms with van der Waals surface area (Å²) in [6.45, 7) is 24.8. The first-order valence-electron chi connectivity index (χ1n) is 13.6. The van der Waals surface area contributed by atoms with Crippen LogP contribution in [0.3, 0.4) is 0 Å². The summed E-state index contributed by atoms with van der Waals surface area (Å²) >= 11 is 1.55. The van der Waals surface area contributed by atoms with Crippen molar-refractivity contribution in [2.24, 2.45) is 5.41 Å². The van der Waals surface area contributed by atoms with Gasteiger partial charge in [0, 0.05) is 0 Å². The molecule has 192 valence electrons. The van der Waals surface area contributed by atoms with Gasteiger partial charge in [0.25, 0.3) is 0 Å². The predicted molar refractivity (Wildman–Crippen MR) is 160 cm³/mol. The molecule has 4 rings (SSSR count). The topological polar surface area (TPSA) is 0 Å². The molecule has 0 nitrogen and oxygen atoms in total. The first-order chi connectivity index (χ1) is 16.6. The molecule has 0 heterocycles. The van der Waals surface area contributed by atoms with Crippen LogP contribution in [0.4, 0.5) is 0 Å². The van der Waals surface area contributed by atoms with Gasteiger partial charge in [-0.1, -0.05) is 116 Å². The Morgan fingerprint density at radius 1 is 0.806 bits per heavy atom. The summed E-state index contributed by atoms with van der Waals surface area (Å²) in [5.41, 5.74) is 5.09. The molecule has 0 saturated heterocycles. The van der Waals surface area contributed by atoms with Crippen LogP contribution in [0.2, 0.25) is 0 Å². The van der Waals surface area contributed by atoms with Gasteiger partial charge in [0.15, 0.2) is 0 Å². The molecule has 0 aliphatic heterocycles. The molecule has 0 bridgehead atoms. The molecule has 1 aliphatic rings. The summed E-state index contributed by atoms with van der Waals surface area (Å²) in [5, 5.41) is 5.49. The summed E-state index contributed by atoms with van der Waals surface area (Å²) in [5.74, 6) is 0. The molecule has 0 fully saturated rings. The van der Waals surface area contributed by atoms with E-state index in [0.717, 1.165) is 6.42 Å². The average Bonchev–Trinajstić information content (AvgIpc) is 3.45. The van der Waals surface area contributed by atoms with Crippen LogP contribution in [-0.4, -0.2) is 3.21 Å². The van der Waals surface area contributed by atoms with Crippen LogP contribution >= 0.6 is 0 Å². The van der Waals surface area contributed by atoms with E-state index in [4.69, 9.17) is 0 Å². The van der Waals surface area contributed by atoms with Gasteiger partial charge in [0.1, 0.15) is 0 Å². The first-order valence-corrected chi connectivity index (χ1v) is 14.8. The second kappa shape index (κ2) is 12.4. The van der Waals surface area contributed by atoms with Crippen molar-refractivity contribution >= 4 is 24.8 Å². The Labute approximate surface area is 237 Å². The van der Waals surface area contributed by atoms with E-state index in [2.05, 4.69) is 137 Å². The molecular formula is C35H48Zr. The summed E-state index contributed by atoms with van der Waals surface area (Å²) in [7, 11) is 0. The van der Waals surface area contributed by atoms with Gasteiger partial charge in [-0.15, -0.1) is 46.2 Å². The minimum atomic E-state index is 0.194. The van der Waals surface area contributed by atoms with E-state index in [9.17, 15) is 0 Å². The number of fused-ring (bicyclic) bond motifs is 3. The molecule has 3 aromatic carbocycles. The van der Waals surface area contributed by atoms with Gasteiger partial charge >= 0.3 is 41.3 Å². The van der Waals surface area contributed by atoms with E-state index >= 15 is 0 Å². The summed E-state index contributed by atoms with van der Waals surface area (Å²) in [6, 6.07) is 16.1. The summed E-state index contributed by atoms with van der Waals surface area (Å²) in [4.78, 5) is 0. The van der Waals surface area contributed by atoms with Crippen molar-refractivity contribution in [3.63, 3.8) is 0 Å². The van der Waals surface area contributed by atoms with E-state index in [1.54, 1.807) is 24.2 Å². The predicted octanol–water partition coefficient (Wildman–Crippen LogP) is 10.6. The van der Waals surface area contributed by atoms with E-state index in [1.807, 2.05) is 0 Å². The van der Waals surface area contributed by atoms with Crippen LogP contribution < -0.4 is 0 Å². The zero-order chi connectivity index (χ0) is 27.3. The van der Waals surface area contributed by atoms with Gasteiger partial charge in [-0.3, -0.25) is 6.08 Å². The molecule has 0 saturated carbocycles. The molecule has 0 N–H and O–H groups in total. The fourth-order valence-corrected chi connectivity index (χ4v) is 4.41. The fourth-order valence-electron chi connectivity index (χ4n) is 4.41. The SMILES string of the molecule is CC(C)(C)c1ccc2[cH-]c3ccc(C(C)(C)C)cc3c2c1.CCC(C)(CC)C1=CC[C-]=C1.C[C](C)=[Zr+2]. The number of allylic oxidation sites excluding steroid dienone is 4. The maximum atomic E-state index is 3.23. The Kier molecular flexibility index (Phi) is 10.6. The van der Waals surface area contributed by atoms with Crippen LogP contribution in [0.5, 0.6) is 0 Å². The molecule has 0 unspecified atom stereocenters. The zero-order valence-electron chi connectivity index (χ0n) is 24.8. The Bertz CT molecular complexity index is 1160. The van der Waals surface area contributed by atoms with Crippen molar-refractivity contribution in [3.8, 4) is 0 Å². The van der Waals surface area contributed by atoms with Crippen molar-refractivity contribution in [3.05, 3.63) is 77.4 Å². The Hall–Kier alpha value is -1.46. The molecule has 0 atom stereocenters. The molecule has 36 heavy (non-hydrogen) atoms. The van der Waals surface area contributed by atoms with Gasteiger partial charge in [-0.2, -0.15) is 11.6 Å². The van der Waals surface area contributed by atoms with Crippen LogP contribution in [0.1, 0.15) is 107 Å². The number of hydrogen-bond acceptors (Lipinski definition) is 0. The van der Waals surface area contributed by atoms with Gasteiger partial charge in [0.2, 0.25) is 0 Å². The fraction of sp³-hybridized carbons (Fsp3) is 0.486. The number of rotatable bonds is 3. The molecule has 0 amide bonds. The second-order valence-corrected chi connectivity index (χ2v) is 15.2. The van der Waals surface area contributed by atoms with Crippen LogP contribution in [0.25, 0.3) is 21.5 Å². The van der Waals surface area contributed by atoms with Gasteiger partial charge in [0.05, 0.1) is 0 Å². The van der Waals surface area contributed by atoms with Gasteiger partial charge in [-0.25, -0.2) is 6.08 Å². The Balaban J connectivity index is 0.000000255. The molecule has 0 spiro atoms. The normalized spacial score (nSPS) is 13.8. The van der Waals surface area contributed by atoms with Crippen molar-refractivity contribution in [2.45, 2.75) is 106 Å². The standard InChI is InChI=1S/C21H25.C11H17.C3H6.Zr/c1-20(2,3)16-9-7-14-11-15-8-10-17(21(4,5)6)13-19(15)18(14)12-16;1-4-11(3,5-2)10-8-6-7-9-10;1-3-2;/h7-13H,1-6H3;8-9H,4-6H2,1-3H3;1-2H3;/q2*-1;;+2. The minimum absolute atomic E-state index is 0.194. The molecule has 3 aromatic rings. The van der Waals surface area contributed by atoms with Gasteiger partial charge < -0.3 is 0 Å². The first kappa shape index (κ1) is 30.8. The maximum absolute atomic E-state index is 3.23. The average molecular weight is 560 g/mol. The zero-order valence-corrected chi connectivity index (χ0v) is 27.3. The molecule has 1 aliphatic carbocycles. The van der Waals surface area contributed by atoms with E-state index in [-0.39, 0.29) is 10.8 Å². The summed E-state index contributed by atoms with van der Waals surface area (Å²) < 4.78 is 1.51. The molecule has 1 heteroatoms. The third-order valence-corrected chi connectivity index (χ3v) is 7.39. The summed E-state index contributed by atoms with van der Waals surface area (Å²) in [6.07, 6.45) is 11.2. The Morgan fingerprint density at radius 2 is 1.22 bits per heavy atom. The monoisotopic (exact) mass is 558 g/mol. The van der Waals surface area contributed by atoms with Crippen LogP contribution in [-0.2, 0) is 35.1 Å². The molecule has 0 radical (unpaired) electrons. The van der Waals surface area contributed by atoms with Gasteiger partial charge in [-0.05, 0) is 10.8 Å². The third-order valence-electron chi connectivity index (χ3n) is 7.39. The van der Waals surface area contributed by atoms with Crippen LogP contribution in [0, 0.1) is 11.5 Å². The third kappa shape index (κ3) is 8.02. The van der Waals surface area contributed by atoms with Crippen molar-refractivity contribution < 1.29 is 24.2 Å². The number of benzene rings is 2. The molecular weight excluding hydrogens is 512 g/mol. The quantitative estimate of drug-likeness (QED) is 0.280. The van der Waals surface area contributed by atoms with E-state index < -0.39 is 0 Å². The van der Waals surface area contributed by atoms with E-state index in [1.165, 1.54) is 54.3 Å². The molecule has 0 aromatic heterocycles. The second-order valence-electron chi connectivity index (χ2n) is 12.7. The van der Waals surface area contributed by atoms with E-state index in [0.29, 0.717) is 5.41 Å².